The Bertz CT molecular complexity index is 281. The summed E-state index contributed by atoms with van der Waals surface area (Å²) >= 11 is 1.83. The summed E-state index contributed by atoms with van der Waals surface area (Å²) in [6.45, 7) is 7.53. The van der Waals surface area contributed by atoms with Crippen molar-refractivity contribution in [2.24, 2.45) is 11.5 Å². The van der Waals surface area contributed by atoms with Gasteiger partial charge in [-0.15, -0.1) is 11.3 Å². The van der Waals surface area contributed by atoms with Gasteiger partial charge in [0.25, 0.3) is 0 Å². The van der Waals surface area contributed by atoms with E-state index >= 15 is 0 Å². The van der Waals surface area contributed by atoms with Crippen LogP contribution in [0.1, 0.15) is 23.6 Å². The Kier molecular flexibility index (Phi) is 6.69. The molecule has 98 valence electrons. The highest BCUT2D eigenvalue weighted by molar-refractivity contribution is 7.11. The number of nitrogens with two attached hydrogens (primary N) is 2. The normalized spacial score (nSPS) is 14.8. The van der Waals surface area contributed by atoms with Crippen molar-refractivity contribution in [3.63, 3.8) is 0 Å². The molecule has 2 unspecified atom stereocenters. The highest BCUT2D eigenvalue weighted by Crippen LogP contribution is 2.15. The van der Waals surface area contributed by atoms with E-state index < -0.39 is 0 Å². The molecular weight excluding hydrogens is 232 g/mol. The standard InChI is InChI=1S/C12H24N4S/c1-9(13)5-15-7-11-3-4-12(17-11)8-16-6-10(2)14/h3-4,9-10,15-16H,5-8,13-14H2,1-2H3. The van der Waals surface area contributed by atoms with E-state index in [2.05, 4.69) is 22.8 Å². The lowest BCUT2D eigenvalue weighted by molar-refractivity contribution is 0.611. The Morgan fingerprint density at radius 1 is 1.00 bits per heavy atom. The predicted molar refractivity (Wildman–Crippen MR) is 75.0 cm³/mol. The molecule has 5 heteroatoms. The van der Waals surface area contributed by atoms with Gasteiger partial charge in [0, 0.05) is 48.0 Å². The summed E-state index contributed by atoms with van der Waals surface area (Å²) in [4.78, 5) is 2.70. The van der Waals surface area contributed by atoms with E-state index in [1.807, 2.05) is 25.2 Å². The van der Waals surface area contributed by atoms with Gasteiger partial charge in [-0.05, 0) is 26.0 Å². The van der Waals surface area contributed by atoms with E-state index in [0.717, 1.165) is 26.2 Å². The lowest BCUT2D eigenvalue weighted by atomic mass is 10.3. The third kappa shape index (κ3) is 6.75. The van der Waals surface area contributed by atoms with E-state index in [4.69, 9.17) is 11.5 Å². The highest BCUT2D eigenvalue weighted by atomic mass is 32.1. The Morgan fingerprint density at radius 3 is 1.76 bits per heavy atom. The lowest BCUT2D eigenvalue weighted by Gasteiger charge is -2.06. The maximum atomic E-state index is 5.67. The van der Waals surface area contributed by atoms with Gasteiger partial charge in [-0.3, -0.25) is 0 Å². The Labute approximate surface area is 108 Å². The number of hydrogen-bond donors (Lipinski definition) is 4. The van der Waals surface area contributed by atoms with Crippen molar-refractivity contribution in [1.82, 2.24) is 10.6 Å². The van der Waals surface area contributed by atoms with Gasteiger partial charge in [-0.25, -0.2) is 0 Å². The molecule has 1 aromatic heterocycles. The van der Waals surface area contributed by atoms with Gasteiger partial charge >= 0.3 is 0 Å². The van der Waals surface area contributed by atoms with Crippen LogP contribution >= 0.6 is 11.3 Å². The molecule has 0 fully saturated rings. The molecule has 4 nitrogen and oxygen atoms in total. The van der Waals surface area contributed by atoms with E-state index in [9.17, 15) is 0 Å². The minimum Gasteiger partial charge on any atom is -0.327 e. The van der Waals surface area contributed by atoms with Crippen LogP contribution in [0.2, 0.25) is 0 Å². The van der Waals surface area contributed by atoms with Gasteiger partial charge in [-0.2, -0.15) is 0 Å². The van der Waals surface area contributed by atoms with Gasteiger partial charge in [0.2, 0.25) is 0 Å². The van der Waals surface area contributed by atoms with Crippen molar-refractivity contribution < 1.29 is 0 Å². The zero-order chi connectivity index (χ0) is 12.7. The first-order valence-corrected chi connectivity index (χ1v) is 6.89. The quantitative estimate of drug-likeness (QED) is 0.550. The van der Waals surface area contributed by atoms with Crippen LogP contribution in [0.3, 0.4) is 0 Å². The van der Waals surface area contributed by atoms with Gasteiger partial charge in [-0.1, -0.05) is 0 Å². The molecule has 0 aromatic carbocycles. The largest absolute Gasteiger partial charge is 0.327 e. The summed E-state index contributed by atoms with van der Waals surface area (Å²) in [6.07, 6.45) is 0. The fourth-order valence-corrected chi connectivity index (χ4v) is 2.42. The summed E-state index contributed by atoms with van der Waals surface area (Å²) in [5, 5.41) is 6.67. The summed E-state index contributed by atoms with van der Waals surface area (Å²) < 4.78 is 0. The van der Waals surface area contributed by atoms with Crippen molar-refractivity contribution in [3.05, 3.63) is 21.9 Å². The molecule has 0 aliphatic carbocycles. The molecule has 0 radical (unpaired) electrons. The first-order chi connectivity index (χ1) is 8.08. The zero-order valence-corrected chi connectivity index (χ0v) is 11.5. The van der Waals surface area contributed by atoms with Crippen LogP contribution in [0.25, 0.3) is 0 Å². The smallest absolute Gasteiger partial charge is 0.0300 e. The molecule has 0 bridgehead atoms. The van der Waals surface area contributed by atoms with Gasteiger partial charge in [0.05, 0.1) is 0 Å². The van der Waals surface area contributed by atoms with Crippen LogP contribution in [-0.2, 0) is 13.1 Å². The monoisotopic (exact) mass is 256 g/mol. The molecule has 6 N–H and O–H groups in total. The molecule has 0 spiro atoms. The average molecular weight is 256 g/mol. The fourth-order valence-electron chi connectivity index (χ4n) is 1.46. The minimum absolute atomic E-state index is 0.210. The average Bonchev–Trinajstić information content (AvgIpc) is 2.65. The molecule has 1 aromatic rings. The van der Waals surface area contributed by atoms with Crippen LogP contribution in [0.5, 0.6) is 0 Å². The molecule has 17 heavy (non-hydrogen) atoms. The number of rotatable bonds is 8. The van der Waals surface area contributed by atoms with Crippen molar-refractivity contribution in [1.29, 1.82) is 0 Å². The van der Waals surface area contributed by atoms with Crippen LogP contribution in [0.15, 0.2) is 12.1 Å². The molecule has 0 amide bonds. The maximum Gasteiger partial charge on any atom is 0.0300 e. The number of nitrogens with one attached hydrogen (secondary N) is 2. The van der Waals surface area contributed by atoms with Crippen molar-refractivity contribution >= 4 is 11.3 Å². The van der Waals surface area contributed by atoms with Crippen molar-refractivity contribution in [2.75, 3.05) is 13.1 Å². The number of hydrogen-bond acceptors (Lipinski definition) is 5. The molecule has 0 aliphatic heterocycles. The van der Waals surface area contributed by atoms with Gasteiger partial charge in [0.1, 0.15) is 0 Å². The highest BCUT2D eigenvalue weighted by Gasteiger charge is 2.01. The van der Waals surface area contributed by atoms with Crippen molar-refractivity contribution in [2.45, 2.75) is 39.0 Å². The fraction of sp³-hybridized carbons (Fsp3) is 0.667. The molecule has 1 heterocycles. The Morgan fingerprint density at radius 2 is 1.41 bits per heavy atom. The van der Waals surface area contributed by atoms with Gasteiger partial charge in [0.15, 0.2) is 0 Å². The zero-order valence-electron chi connectivity index (χ0n) is 10.7. The first kappa shape index (κ1) is 14.6. The molecule has 1 rings (SSSR count). The molecular formula is C12H24N4S. The van der Waals surface area contributed by atoms with E-state index in [-0.39, 0.29) is 12.1 Å². The Hall–Kier alpha value is -0.460. The second-order valence-electron chi connectivity index (χ2n) is 4.58. The van der Waals surface area contributed by atoms with E-state index in [1.54, 1.807) is 0 Å². The van der Waals surface area contributed by atoms with Gasteiger partial charge < -0.3 is 22.1 Å². The summed E-state index contributed by atoms with van der Waals surface area (Å²) in [7, 11) is 0. The topological polar surface area (TPSA) is 76.1 Å². The third-order valence-corrected chi connectivity index (χ3v) is 3.33. The first-order valence-electron chi connectivity index (χ1n) is 6.08. The maximum absolute atomic E-state index is 5.67. The molecule has 0 saturated carbocycles. The third-order valence-electron chi connectivity index (χ3n) is 2.25. The van der Waals surface area contributed by atoms with Crippen LogP contribution in [0, 0.1) is 0 Å². The summed E-state index contributed by atoms with van der Waals surface area (Å²) in [5.41, 5.74) is 11.3. The summed E-state index contributed by atoms with van der Waals surface area (Å²) in [6, 6.07) is 4.76. The molecule has 2 atom stereocenters. The SMILES string of the molecule is CC(N)CNCc1ccc(CNCC(C)N)s1. The minimum atomic E-state index is 0.210. The van der Waals surface area contributed by atoms with Crippen LogP contribution in [0.4, 0.5) is 0 Å². The molecule has 0 aliphatic rings. The second-order valence-corrected chi connectivity index (χ2v) is 5.84. The molecule has 0 saturated heterocycles. The lowest BCUT2D eigenvalue weighted by Crippen LogP contribution is -2.30. The van der Waals surface area contributed by atoms with Crippen molar-refractivity contribution in [3.8, 4) is 0 Å². The van der Waals surface area contributed by atoms with Crippen LogP contribution in [-0.4, -0.2) is 25.2 Å². The Balaban J connectivity index is 2.23. The van der Waals surface area contributed by atoms with E-state index in [0.29, 0.717) is 0 Å². The summed E-state index contributed by atoms with van der Waals surface area (Å²) in [5.74, 6) is 0. The van der Waals surface area contributed by atoms with E-state index in [1.165, 1.54) is 9.75 Å². The second kappa shape index (κ2) is 7.79. The number of thiophene rings is 1. The predicted octanol–water partition coefficient (Wildman–Crippen LogP) is 0.622. The van der Waals surface area contributed by atoms with Crippen LogP contribution < -0.4 is 22.1 Å².